The van der Waals surface area contributed by atoms with E-state index < -0.39 is 5.97 Å². The quantitative estimate of drug-likeness (QED) is 0.831. The summed E-state index contributed by atoms with van der Waals surface area (Å²) >= 11 is 0. The van der Waals surface area contributed by atoms with Crippen molar-refractivity contribution in [3.8, 4) is 0 Å². The maximum atomic E-state index is 12.8. The molecule has 0 saturated carbocycles. The Morgan fingerprint density at radius 3 is 3.00 bits per heavy atom. The maximum Gasteiger partial charge on any atom is 0.356 e. The van der Waals surface area contributed by atoms with Crippen molar-refractivity contribution in [1.82, 2.24) is 10.1 Å². The monoisotopic (exact) mass is 343 g/mol. The van der Waals surface area contributed by atoms with Crippen LogP contribution in [0.3, 0.4) is 0 Å². The van der Waals surface area contributed by atoms with E-state index >= 15 is 0 Å². The van der Waals surface area contributed by atoms with Gasteiger partial charge in [0.2, 0.25) is 0 Å². The summed E-state index contributed by atoms with van der Waals surface area (Å²) in [6.45, 7) is 1.64. The topological polar surface area (TPSA) is 101 Å². The van der Waals surface area contributed by atoms with Crippen LogP contribution in [0.4, 0.5) is 22.1 Å². The molecule has 4 rings (SSSR count). The summed E-state index contributed by atoms with van der Waals surface area (Å²) in [5.41, 5.74) is 1.00. The third-order valence-corrected chi connectivity index (χ3v) is 4.47. The molecule has 0 spiro atoms. The highest BCUT2D eigenvalue weighted by Gasteiger charge is 2.38. The Hall–Kier alpha value is -3.10. The van der Waals surface area contributed by atoms with E-state index in [9.17, 15) is 9.59 Å². The van der Waals surface area contributed by atoms with Crippen molar-refractivity contribution in [3.63, 3.8) is 0 Å². The van der Waals surface area contributed by atoms with Crippen molar-refractivity contribution in [2.75, 3.05) is 35.3 Å². The summed E-state index contributed by atoms with van der Waals surface area (Å²) in [7, 11) is 1.30. The molecule has 2 aromatic rings. The van der Waals surface area contributed by atoms with E-state index in [1.165, 1.54) is 13.4 Å². The van der Waals surface area contributed by atoms with Gasteiger partial charge in [-0.05, 0) is 25.0 Å². The summed E-state index contributed by atoms with van der Waals surface area (Å²) in [6.07, 6.45) is 3.23. The Balaban J connectivity index is 1.74. The van der Waals surface area contributed by atoms with Gasteiger partial charge in [-0.3, -0.25) is 10.2 Å². The van der Waals surface area contributed by atoms with Crippen LogP contribution in [0.25, 0.3) is 0 Å². The number of amides is 2. The Labute approximate surface area is 143 Å². The third-order valence-electron chi connectivity index (χ3n) is 4.47. The molecule has 1 fully saturated rings. The van der Waals surface area contributed by atoms with Crippen molar-refractivity contribution >= 4 is 29.3 Å². The number of nitrogens with one attached hydrogen (secondary N) is 1. The fourth-order valence-electron chi connectivity index (χ4n) is 3.35. The first-order chi connectivity index (χ1) is 12.2. The molecular formula is C16H17N5O4. The molecule has 0 aromatic carbocycles. The summed E-state index contributed by atoms with van der Waals surface area (Å²) < 4.78 is 9.50. The van der Waals surface area contributed by atoms with E-state index in [0.717, 1.165) is 31.6 Å². The number of methoxy groups -OCH3 is 1. The van der Waals surface area contributed by atoms with Gasteiger partial charge in [-0.25, -0.2) is 14.6 Å². The second-order valence-electron chi connectivity index (χ2n) is 5.96. The smallest absolute Gasteiger partial charge is 0.356 e. The fraction of sp³-hybridized carbons (Fsp3) is 0.375. The maximum absolute atomic E-state index is 12.8. The van der Waals surface area contributed by atoms with Crippen LogP contribution in [-0.2, 0) is 4.74 Å². The normalized spacial score (nSPS) is 18.5. The lowest BCUT2D eigenvalue weighted by atomic mass is 10.00. The van der Waals surface area contributed by atoms with Crippen molar-refractivity contribution in [3.05, 3.63) is 30.2 Å². The minimum Gasteiger partial charge on any atom is -0.464 e. The van der Waals surface area contributed by atoms with E-state index in [-0.39, 0.29) is 17.8 Å². The Kier molecular flexibility index (Phi) is 3.75. The first-order valence-electron chi connectivity index (χ1n) is 8.02. The molecule has 4 heterocycles. The van der Waals surface area contributed by atoms with Crippen LogP contribution in [0.1, 0.15) is 23.3 Å². The third kappa shape index (κ3) is 2.67. The lowest BCUT2D eigenvalue weighted by molar-refractivity contribution is 0.0594. The highest BCUT2D eigenvalue weighted by atomic mass is 16.5. The van der Waals surface area contributed by atoms with Crippen LogP contribution < -0.4 is 15.1 Å². The van der Waals surface area contributed by atoms with Crippen LogP contribution in [0.15, 0.2) is 29.0 Å². The highest BCUT2D eigenvalue weighted by molar-refractivity contribution is 6.04. The number of fused-ring (bicyclic) bond motifs is 4. The van der Waals surface area contributed by atoms with E-state index in [4.69, 9.17) is 9.26 Å². The van der Waals surface area contributed by atoms with Crippen LogP contribution in [0, 0.1) is 0 Å². The molecule has 2 amide bonds. The van der Waals surface area contributed by atoms with Crippen LogP contribution in [-0.4, -0.2) is 48.4 Å². The molecule has 0 radical (unpaired) electrons. The number of carbonyl (C=O) groups is 2. The minimum absolute atomic E-state index is 0.0199. The molecule has 25 heavy (non-hydrogen) atoms. The summed E-state index contributed by atoms with van der Waals surface area (Å²) in [5, 5.41) is 6.41. The number of pyridine rings is 1. The lowest BCUT2D eigenvalue weighted by Crippen LogP contribution is -2.56. The van der Waals surface area contributed by atoms with Gasteiger partial charge in [-0.2, -0.15) is 0 Å². The first-order valence-corrected chi connectivity index (χ1v) is 8.02. The van der Waals surface area contributed by atoms with Gasteiger partial charge in [0.25, 0.3) is 0 Å². The van der Waals surface area contributed by atoms with Gasteiger partial charge in [0.15, 0.2) is 17.3 Å². The van der Waals surface area contributed by atoms with Crippen molar-refractivity contribution in [1.29, 1.82) is 0 Å². The van der Waals surface area contributed by atoms with Crippen LogP contribution in [0.2, 0.25) is 0 Å². The zero-order valence-corrected chi connectivity index (χ0v) is 13.6. The number of nitrogens with zero attached hydrogens (tertiary/aromatic N) is 4. The second-order valence-corrected chi connectivity index (χ2v) is 5.96. The number of hydrogen-bond acceptors (Lipinski definition) is 7. The Morgan fingerprint density at radius 2 is 2.24 bits per heavy atom. The fourth-order valence-corrected chi connectivity index (χ4v) is 3.35. The SMILES string of the molecule is COC(=O)c1ccc2c(n1)N(C(=O)Nc1ccon1)[C@H]1CCCN2C1. The molecule has 1 saturated heterocycles. The number of rotatable bonds is 2. The van der Waals surface area contributed by atoms with Crippen molar-refractivity contribution in [2.24, 2.45) is 0 Å². The van der Waals surface area contributed by atoms with Crippen LogP contribution in [0.5, 0.6) is 0 Å². The summed E-state index contributed by atoms with van der Waals surface area (Å²) in [5.74, 6) is 0.249. The zero-order chi connectivity index (χ0) is 17.4. The van der Waals surface area contributed by atoms with Gasteiger partial charge < -0.3 is 14.2 Å². The van der Waals surface area contributed by atoms with Crippen LogP contribution >= 0.6 is 0 Å². The van der Waals surface area contributed by atoms with E-state index in [0.29, 0.717) is 11.6 Å². The predicted octanol–water partition coefficient (Wildman–Crippen LogP) is 1.88. The number of piperidine rings is 1. The van der Waals surface area contributed by atoms with Crippen molar-refractivity contribution < 1.29 is 18.8 Å². The number of esters is 1. The summed E-state index contributed by atoms with van der Waals surface area (Å²) in [6, 6.07) is 4.62. The molecule has 2 bridgehead atoms. The molecule has 1 atom stereocenters. The van der Waals surface area contributed by atoms with E-state index in [1.54, 1.807) is 17.0 Å². The molecular weight excluding hydrogens is 326 g/mol. The number of anilines is 3. The number of ether oxygens (including phenoxy) is 1. The van der Waals surface area contributed by atoms with Gasteiger partial charge in [0.1, 0.15) is 6.26 Å². The van der Waals surface area contributed by atoms with Gasteiger partial charge >= 0.3 is 12.0 Å². The zero-order valence-electron chi connectivity index (χ0n) is 13.6. The van der Waals surface area contributed by atoms with Gasteiger partial charge in [0.05, 0.1) is 18.8 Å². The van der Waals surface area contributed by atoms with E-state index in [1.807, 2.05) is 6.07 Å². The minimum atomic E-state index is -0.537. The number of aromatic nitrogens is 2. The average molecular weight is 343 g/mol. The Bertz CT molecular complexity index is 807. The molecule has 0 unspecified atom stereocenters. The predicted molar refractivity (Wildman–Crippen MR) is 88.8 cm³/mol. The van der Waals surface area contributed by atoms with E-state index in [2.05, 4.69) is 20.4 Å². The number of urea groups is 1. The molecule has 2 aromatic heterocycles. The molecule has 9 nitrogen and oxygen atoms in total. The molecule has 0 aliphatic carbocycles. The molecule has 2 aliphatic rings. The largest absolute Gasteiger partial charge is 0.464 e. The summed E-state index contributed by atoms with van der Waals surface area (Å²) in [4.78, 5) is 32.9. The molecule has 2 aliphatic heterocycles. The van der Waals surface area contributed by atoms with Gasteiger partial charge in [-0.15, -0.1) is 0 Å². The van der Waals surface area contributed by atoms with Gasteiger partial charge in [-0.1, -0.05) is 5.16 Å². The molecule has 1 N–H and O–H groups in total. The Morgan fingerprint density at radius 1 is 1.36 bits per heavy atom. The number of hydrogen-bond donors (Lipinski definition) is 1. The molecule has 9 heteroatoms. The average Bonchev–Trinajstić information content (AvgIpc) is 3.14. The standard InChI is InChI=1S/C16H17N5O4/c1-24-15(22)11-4-5-12-14(17-11)21(10-3-2-7-20(12)9-10)16(23)18-13-6-8-25-19-13/h4-6,8,10H,2-3,7,9H2,1H3,(H,18,19,23)/t10-/m0/s1. The second kappa shape index (κ2) is 6.08. The van der Waals surface area contributed by atoms with Crippen molar-refractivity contribution in [2.45, 2.75) is 18.9 Å². The lowest BCUT2D eigenvalue weighted by Gasteiger charge is -2.45. The first kappa shape index (κ1) is 15.4. The highest BCUT2D eigenvalue weighted by Crippen LogP contribution is 2.38. The molecule has 130 valence electrons. The van der Waals surface area contributed by atoms with Gasteiger partial charge in [0, 0.05) is 19.2 Å². The number of carbonyl (C=O) groups excluding carboxylic acids is 2.